The van der Waals surface area contributed by atoms with Crippen LogP contribution in [0.25, 0.3) is 0 Å². The van der Waals surface area contributed by atoms with E-state index in [4.69, 9.17) is 5.26 Å². The van der Waals surface area contributed by atoms with Gasteiger partial charge in [0.05, 0.1) is 11.6 Å². The molecule has 2 heterocycles. The van der Waals surface area contributed by atoms with Crippen LogP contribution in [0.1, 0.15) is 36.9 Å². The zero-order chi connectivity index (χ0) is 18.5. The summed E-state index contributed by atoms with van der Waals surface area (Å²) in [6, 6.07) is 12.5. The van der Waals surface area contributed by atoms with E-state index in [0.717, 1.165) is 37.3 Å². The summed E-state index contributed by atoms with van der Waals surface area (Å²) >= 11 is 0. The van der Waals surface area contributed by atoms with Crippen molar-refractivity contribution in [2.75, 3.05) is 18.0 Å². The maximum atomic E-state index is 12.5. The number of phenolic OH excluding ortho intramolecular Hbond substituents is 1. The number of nitriles is 1. The van der Waals surface area contributed by atoms with Gasteiger partial charge in [0.2, 0.25) is 5.91 Å². The Morgan fingerprint density at radius 3 is 2.73 bits per heavy atom. The molecule has 1 aliphatic heterocycles. The van der Waals surface area contributed by atoms with Crippen LogP contribution >= 0.6 is 0 Å². The summed E-state index contributed by atoms with van der Waals surface area (Å²) in [5.74, 6) is 1.07. The fourth-order valence-electron chi connectivity index (χ4n) is 3.22. The van der Waals surface area contributed by atoms with Crippen LogP contribution < -0.4 is 10.2 Å². The SMILES string of the molecule is C[C@@H](NC(=O)C1CCN(c2ccc(C#N)cn2)CC1)c1cccc(O)c1. The van der Waals surface area contributed by atoms with E-state index >= 15 is 0 Å². The lowest BCUT2D eigenvalue weighted by molar-refractivity contribution is -0.126. The Labute approximate surface area is 153 Å². The van der Waals surface area contributed by atoms with Crippen LogP contribution in [0.3, 0.4) is 0 Å². The summed E-state index contributed by atoms with van der Waals surface area (Å²) in [7, 11) is 0. The van der Waals surface area contributed by atoms with Crippen molar-refractivity contribution in [2.24, 2.45) is 5.92 Å². The Morgan fingerprint density at radius 2 is 2.12 bits per heavy atom. The lowest BCUT2D eigenvalue weighted by Crippen LogP contribution is -2.41. The smallest absolute Gasteiger partial charge is 0.223 e. The fourth-order valence-corrected chi connectivity index (χ4v) is 3.22. The highest BCUT2D eigenvalue weighted by molar-refractivity contribution is 5.79. The molecule has 1 aromatic heterocycles. The highest BCUT2D eigenvalue weighted by atomic mass is 16.3. The summed E-state index contributed by atoms with van der Waals surface area (Å²) in [5, 5.41) is 21.5. The minimum atomic E-state index is -0.146. The molecule has 1 amide bonds. The number of hydrogen-bond donors (Lipinski definition) is 2. The molecule has 1 atom stereocenters. The van der Waals surface area contributed by atoms with Crippen LogP contribution in [0, 0.1) is 17.2 Å². The summed E-state index contributed by atoms with van der Waals surface area (Å²) in [5.41, 5.74) is 1.43. The molecule has 1 aliphatic rings. The van der Waals surface area contributed by atoms with Gasteiger partial charge in [-0.15, -0.1) is 0 Å². The molecule has 134 valence electrons. The van der Waals surface area contributed by atoms with Gasteiger partial charge in [0, 0.05) is 25.2 Å². The first-order valence-corrected chi connectivity index (χ1v) is 8.77. The van der Waals surface area contributed by atoms with E-state index in [9.17, 15) is 9.90 Å². The number of benzene rings is 1. The molecular weight excluding hydrogens is 328 g/mol. The van der Waals surface area contributed by atoms with Crippen molar-refractivity contribution >= 4 is 11.7 Å². The lowest BCUT2D eigenvalue weighted by Gasteiger charge is -2.32. The summed E-state index contributed by atoms with van der Waals surface area (Å²) in [6.45, 7) is 3.44. The first-order chi connectivity index (χ1) is 12.6. The predicted octanol–water partition coefficient (Wildman–Crippen LogP) is 2.75. The number of carbonyl (C=O) groups excluding carboxylic acids is 1. The van der Waals surface area contributed by atoms with E-state index in [0.29, 0.717) is 5.56 Å². The molecule has 0 saturated carbocycles. The molecule has 0 bridgehead atoms. The number of hydrogen-bond acceptors (Lipinski definition) is 5. The minimum Gasteiger partial charge on any atom is -0.508 e. The number of nitrogens with one attached hydrogen (secondary N) is 1. The molecule has 2 N–H and O–H groups in total. The Bertz CT molecular complexity index is 805. The number of aromatic nitrogens is 1. The molecule has 6 nitrogen and oxygen atoms in total. The lowest BCUT2D eigenvalue weighted by atomic mass is 9.95. The molecule has 3 rings (SSSR count). The van der Waals surface area contributed by atoms with Crippen LogP contribution in [0.2, 0.25) is 0 Å². The van der Waals surface area contributed by atoms with E-state index in [1.54, 1.807) is 30.5 Å². The number of anilines is 1. The standard InChI is InChI=1S/C20H22N4O2/c1-14(17-3-2-4-18(25)11-17)23-20(26)16-7-9-24(10-8-16)19-6-5-15(12-21)13-22-19/h2-6,11,13-14,16,25H,7-10H2,1H3,(H,23,26)/t14-/m1/s1. The zero-order valence-electron chi connectivity index (χ0n) is 14.7. The minimum absolute atomic E-state index is 0.0237. The first kappa shape index (κ1) is 17.7. The Hall–Kier alpha value is -3.07. The first-order valence-electron chi connectivity index (χ1n) is 8.77. The molecule has 0 aliphatic carbocycles. The predicted molar refractivity (Wildman–Crippen MR) is 98.6 cm³/mol. The quantitative estimate of drug-likeness (QED) is 0.885. The molecule has 2 aromatic rings. The third-order valence-corrected chi connectivity index (χ3v) is 4.80. The molecule has 1 fully saturated rings. The number of phenols is 1. The second kappa shape index (κ2) is 7.87. The molecule has 1 aromatic carbocycles. The Kier molecular flexibility index (Phi) is 5.37. The van der Waals surface area contributed by atoms with Crippen molar-refractivity contribution in [3.05, 3.63) is 53.7 Å². The van der Waals surface area contributed by atoms with Gasteiger partial charge in [0.15, 0.2) is 0 Å². The maximum absolute atomic E-state index is 12.5. The van der Waals surface area contributed by atoms with Crippen molar-refractivity contribution < 1.29 is 9.90 Å². The average Bonchev–Trinajstić information content (AvgIpc) is 2.68. The highest BCUT2D eigenvalue weighted by Crippen LogP contribution is 2.24. The van der Waals surface area contributed by atoms with E-state index in [1.807, 2.05) is 19.1 Å². The van der Waals surface area contributed by atoms with Gasteiger partial charge in [-0.1, -0.05) is 12.1 Å². The third kappa shape index (κ3) is 4.12. The molecule has 0 unspecified atom stereocenters. The average molecular weight is 350 g/mol. The number of carbonyl (C=O) groups is 1. The van der Waals surface area contributed by atoms with Gasteiger partial charge in [0.25, 0.3) is 0 Å². The molecule has 0 radical (unpaired) electrons. The third-order valence-electron chi connectivity index (χ3n) is 4.80. The Balaban J connectivity index is 1.54. The number of nitrogens with zero attached hydrogens (tertiary/aromatic N) is 3. The van der Waals surface area contributed by atoms with Crippen molar-refractivity contribution in [1.82, 2.24) is 10.3 Å². The molecule has 26 heavy (non-hydrogen) atoms. The van der Waals surface area contributed by atoms with Crippen molar-refractivity contribution in [2.45, 2.75) is 25.8 Å². The molecule has 0 spiro atoms. The fraction of sp³-hybridized carbons (Fsp3) is 0.350. The summed E-state index contributed by atoms with van der Waals surface area (Å²) in [6.07, 6.45) is 3.10. The molecule has 1 saturated heterocycles. The topological polar surface area (TPSA) is 89.3 Å². The van der Waals surface area contributed by atoms with E-state index in [1.165, 1.54) is 0 Å². The number of aromatic hydroxyl groups is 1. The van der Waals surface area contributed by atoms with Crippen molar-refractivity contribution in [1.29, 1.82) is 5.26 Å². The largest absolute Gasteiger partial charge is 0.508 e. The second-order valence-electron chi connectivity index (χ2n) is 6.60. The van der Waals surface area contributed by atoms with E-state index in [2.05, 4.69) is 21.3 Å². The highest BCUT2D eigenvalue weighted by Gasteiger charge is 2.26. The summed E-state index contributed by atoms with van der Waals surface area (Å²) in [4.78, 5) is 19.0. The van der Waals surface area contributed by atoms with Crippen LogP contribution in [0.15, 0.2) is 42.6 Å². The normalized spacial score (nSPS) is 15.9. The van der Waals surface area contributed by atoms with Crippen LogP contribution in [0.4, 0.5) is 5.82 Å². The van der Waals surface area contributed by atoms with Crippen LogP contribution in [-0.2, 0) is 4.79 Å². The maximum Gasteiger partial charge on any atom is 0.223 e. The van der Waals surface area contributed by atoms with E-state index < -0.39 is 0 Å². The van der Waals surface area contributed by atoms with Crippen molar-refractivity contribution in [3.63, 3.8) is 0 Å². The monoisotopic (exact) mass is 350 g/mol. The summed E-state index contributed by atoms with van der Waals surface area (Å²) < 4.78 is 0. The van der Waals surface area contributed by atoms with Gasteiger partial charge in [-0.3, -0.25) is 4.79 Å². The number of pyridine rings is 1. The molecular formula is C20H22N4O2. The van der Waals surface area contributed by atoms with Gasteiger partial charge < -0.3 is 15.3 Å². The van der Waals surface area contributed by atoms with Gasteiger partial charge in [-0.25, -0.2) is 4.98 Å². The van der Waals surface area contributed by atoms with Gasteiger partial charge in [0.1, 0.15) is 17.6 Å². The van der Waals surface area contributed by atoms with Gasteiger partial charge in [-0.05, 0) is 49.6 Å². The molecule has 6 heteroatoms. The zero-order valence-corrected chi connectivity index (χ0v) is 14.7. The van der Waals surface area contributed by atoms with Gasteiger partial charge >= 0.3 is 0 Å². The van der Waals surface area contributed by atoms with E-state index in [-0.39, 0.29) is 23.6 Å². The second-order valence-corrected chi connectivity index (χ2v) is 6.60. The number of piperidine rings is 1. The van der Waals surface area contributed by atoms with Crippen molar-refractivity contribution in [3.8, 4) is 11.8 Å². The van der Waals surface area contributed by atoms with Gasteiger partial charge in [-0.2, -0.15) is 5.26 Å². The van der Waals surface area contributed by atoms with Crippen LogP contribution in [0.5, 0.6) is 5.75 Å². The number of rotatable bonds is 4. The number of amides is 1. The Morgan fingerprint density at radius 1 is 1.35 bits per heavy atom. The van der Waals surface area contributed by atoms with Crippen LogP contribution in [-0.4, -0.2) is 29.1 Å².